The van der Waals surface area contributed by atoms with E-state index in [1.165, 1.54) is 19.6 Å². The predicted octanol–water partition coefficient (Wildman–Crippen LogP) is 8.46. The molecule has 0 saturated heterocycles. The van der Waals surface area contributed by atoms with Crippen molar-refractivity contribution >= 4 is 83.6 Å². The first-order valence-electron chi connectivity index (χ1n) is 35.9. The smallest absolute Gasteiger partial charge is 0.407 e. The van der Waals surface area contributed by atoms with E-state index >= 15 is 0 Å². The number of carbonyl (C=O) groups is 14. The van der Waals surface area contributed by atoms with Gasteiger partial charge in [0.25, 0.3) is 6.47 Å². The summed E-state index contributed by atoms with van der Waals surface area (Å²) in [5, 5.41) is 16.3. The molecule has 0 aromatic heterocycles. The number of Topliss-reactive ketones (excluding diaryl/α,β-unsaturated/α-hetero) is 2. The number of amides is 7. The van der Waals surface area contributed by atoms with Gasteiger partial charge in [-0.3, -0.25) is 57.5 Å². The lowest BCUT2D eigenvalue weighted by molar-refractivity contribution is -0.157. The highest BCUT2D eigenvalue weighted by Gasteiger charge is 2.33. The third-order valence-corrected chi connectivity index (χ3v) is 16.8. The van der Waals surface area contributed by atoms with Gasteiger partial charge in [-0.1, -0.05) is 118 Å². The maximum absolute atomic E-state index is 13.8. The number of esters is 3. The van der Waals surface area contributed by atoms with Gasteiger partial charge in [0.1, 0.15) is 61.3 Å². The molecule has 7 amide bonds. The van der Waals surface area contributed by atoms with Crippen molar-refractivity contribution in [2.24, 2.45) is 5.41 Å². The average molecular weight is 1490 g/mol. The number of carboxylic acid groups (broad SMARTS) is 1. The van der Waals surface area contributed by atoms with Crippen LogP contribution in [0.4, 0.5) is 9.59 Å². The summed E-state index contributed by atoms with van der Waals surface area (Å²) in [6, 6.07) is 31.5. The summed E-state index contributed by atoms with van der Waals surface area (Å²) < 4.78 is 31.7. The summed E-state index contributed by atoms with van der Waals surface area (Å²) in [6.07, 6.45) is -3.38. The summed E-state index contributed by atoms with van der Waals surface area (Å²) >= 11 is 0. The lowest BCUT2D eigenvalue weighted by Crippen LogP contribution is -2.45. The number of benzene rings is 4. The lowest BCUT2D eigenvalue weighted by atomic mass is 9.89. The Morgan fingerprint density at radius 1 is 0.393 bits per heavy atom. The number of ketones is 2. The number of fused-ring (bicyclic) bond motifs is 6. The lowest BCUT2D eigenvalue weighted by Gasteiger charge is -2.26. The molecule has 28 nitrogen and oxygen atoms in total. The second kappa shape index (κ2) is 41.4. The molecule has 2 aliphatic rings. The molecule has 0 atom stereocenters. The van der Waals surface area contributed by atoms with E-state index < -0.39 is 107 Å². The molecule has 6 rings (SSSR count). The molecule has 2 aliphatic carbocycles. The number of hydrogen-bond donors (Lipinski definition) is 4. The number of aliphatic carboxylic acids is 1. The molecule has 4 N–H and O–H groups in total. The van der Waals surface area contributed by atoms with Crippen molar-refractivity contribution in [3.63, 3.8) is 0 Å². The maximum atomic E-state index is 13.8. The van der Waals surface area contributed by atoms with Crippen molar-refractivity contribution in [1.29, 1.82) is 0 Å². The van der Waals surface area contributed by atoms with Crippen LogP contribution in [0.1, 0.15) is 175 Å². The highest BCUT2D eigenvalue weighted by atomic mass is 16.6. The van der Waals surface area contributed by atoms with Crippen molar-refractivity contribution in [2.45, 2.75) is 170 Å². The van der Waals surface area contributed by atoms with E-state index in [0.717, 1.165) is 44.5 Å². The minimum Gasteiger partial charge on any atom is -0.481 e. The van der Waals surface area contributed by atoms with Gasteiger partial charge in [0.05, 0.1) is 38.8 Å². The van der Waals surface area contributed by atoms with Crippen molar-refractivity contribution in [1.82, 2.24) is 35.6 Å². The second-order valence-electron chi connectivity index (χ2n) is 29.7. The quantitative estimate of drug-likeness (QED) is 0.0141. The summed E-state index contributed by atoms with van der Waals surface area (Å²) in [5.74, 6) is -6.37. The van der Waals surface area contributed by atoms with Crippen LogP contribution in [-0.2, 0) is 86.0 Å². The Balaban J connectivity index is 0.000000529. The molecule has 0 aliphatic heterocycles. The Hall–Kier alpha value is -10.5. The van der Waals surface area contributed by atoms with Crippen LogP contribution in [0, 0.1) is 5.41 Å². The Kier molecular flexibility index (Phi) is 33.7. The summed E-state index contributed by atoms with van der Waals surface area (Å²) in [5.41, 5.74) is 5.51. The van der Waals surface area contributed by atoms with Crippen LogP contribution in [0.5, 0.6) is 0 Å². The minimum absolute atomic E-state index is 0.00236. The predicted molar refractivity (Wildman–Crippen MR) is 394 cm³/mol. The Bertz CT molecular complexity index is 3660. The third kappa shape index (κ3) is 30.8. The molecular weight excluding hydrogens is 1380 g/mol. The SMILES string of the molecule is CC(C)(C)OC(=O)CCN(CCC(=O)OC(C)(C)C)C(=O)CCC(=O)CCN(CCC(=O)NCC(=O)N(CCC(=O)OC(C)(C)C)CCC(=O)C(C)(C)C)C(=O)CNC(=O)OCC1c2ccccc2-c2ccccc21.O=COCCN(CCC(=O)O)C(=O)CNC(=O)OCC1c2ccccc2-c2ccccc21. The van der Waals surface area contributed by atoms with E-state index in [1.54, 1.807) is 83.1 Å². The molecule has 0 radical (unpaired) electrons. The van der Waals surface area contributed by atoms with E-state index in [1.807, 2.05) is 97.1 Å². The molecule has 4 aromatic carbocycles. The number of nitrogens with zero attached hydrogens (tertiary/aromatic N) is 4. The van der Waals surface area contributed by atoms with Crippen molar-refractivity contribution in [3.8, 4) is 22.3 Å². The van der Waals surface area contributed by atoms with Crippen molar-refractivity contribution in [3.05, 3.63) is 119 Å². The van der Waals surface area contributed by atoms with Gasteiger partial charge in [0.2, 0.25) is 29.5 Å². The van der Waals surface area contributed by atoms with Gasteiger partial charge < -0.3 is 69.1 Å². The fourth-order valence-electron chi connectivity index (χ4n) is 11.6. The normalized spacial score (nSPS) is 12.1. The standard InChI is InChI=1S/C56H81N5O14.C23H24N2O7/c1-53(2,3)44(63)24-30-61(34-28-51(70)75-56(10,11)12)47(66)35-57-45(64)25-31-60(48(67)36-58-52(71)72-37-43-41-19-15-13-17-39(41)40-18-14-16-20-42(40)43)29-23-38(62)21-22-46(65)59(32-26-49(68)73-54(4,5)6)33-27-50(69)74-55(7,8)9;26-15-31-12-11-25(10-9-22(28)29)21(27)13-24-23(30)32-14-20-18-7-3-1-5-16(18)17-6-2-4-8-19(17)20/h13-20,43H,21-37H2,1-12H3,(H,57,64)(H,58,71);1-8,15,20H,9-14H2,(H,24,30)(H,28,29). The summed E-state index contributed by atoms with van der Waals surface area (Å²) in [4.78, 5) is 181. The van der Waals surface area contributed by atoms with Crippen molar-refractivity contribution in [2.75, 3.05) is 91.8 Å². The number of carbonyl (C=O) groups excluding carboxylic acids is 13. The van der Waals surface area contributed by atoms with Crippen LogP contribution in [0.15, 0.2) is 97.1 Å². The second-order valence-corrected chi connectivity index (χ2v) is 29.7. The van der Waals surface area contributed by atoms with Crippen LogP contribution in [0.25, 0.3) is 22.3 Å². The van der Waals surface area contributed by atoms with E-state index in [0.29, 0.717) is 0 Å². The van der Waals surface area contributed by atoms with Crippen molar-refractivity contribution < 1.29 is 101 Å². The van der Waals surface area contributed by atoms with Crippen LogP contribution >= 0.6 is 0 Å². The van der Waals surface area contributed by atoms with Crippen LogP contribution < -0.4 is 16.0 Å². The van der Waals surface area contributed by atoms with E-state index in [4.69, 9.17) is 28.8 Å². The molecule has 0 heterocycles. The zero-order valence-corrected chi connectivity index (χ0v) is 63.6. The van der Waals surface area contributed by atoms with Crippen LogP contribution in [0.2, 0.25) is 0 Å². The first-order valence-corrected chi connectivity index (χ1v) is 35.9. The summed E-state index contributed by atoms with van der Waals surface area (Å²) in [7, 11) is 0. The van der Waals surface area contributed by atoms with E-state index in [-0.39, 0.29) is 161 Å². The third-order valence-electron chi connectivity index (χ3n) is 16.8. The number of ether oxygens (including phenoxy) is 6. The number of rotatable bonds is 38. The molecular formula is C79H105N7O21. The topological polar surface area (TPSA) is 364 Å². The van der Waals surface area contributed by atoms with Crippen LogP contribution in [-0.4, -0.2) is 217 Å². The first-order chi connectivity index (χ1) is 50.3. The van der Waals surface area contributed by atoms with Gasteiger partial charge in [-0.05, 0) is 107 Å². The van der Waals surface area contributed by atoms with Gasteiger partial charge in [0.15, 0.2) is 0 Å². The molecule has 0 spiro atoms. The van der Waals surface area contributed by atoms with E-state index in [9.17, 15) is 67.1 Å². The molecule has 107 heavy (non-hydrogen) atoms. The maximum Gasteiger partial charge on any atom is 0.407 e. The molecule has 0 unspecified atom stereocenters. The Labute approximate surface area is 625 Å². The molecule has 0 saturated carbocycles. The Morgan fingerprint density at radius 3 is 1.08 bits per heavy atom. The fraction of sp³-hybridized carbons (Fsp3) is 0.519. The van der Waals surface area contributed by atoms with E-state index in [2.05, 4.69) is 20.7 Å². The monoisotopic (exact) mass is 1490 g/mol. The minimum atomic E-state index is -1.07. The fourth-order valence-corrected chi connectivity index (χ4v) is 11.6. The molecule has 0 bridgehead atoms. The molecule has 582 valence electrons. The van der Waals surface area contributed by atoms with Crippen LogP contribution in [0.3, 0.4) is 0 Å². The average Bonchev–Trinajstić information content (AvgIpc) is 1.62. The van der Waals surface area contributed by atoms with Gasteiger partial charge in [-0.25, -0.2) is 9.59 Å². The van der Waals surface area contributed by atoms with Gasteiger partial charge in [-0.2, -0.15) is 0 Å². The first kappa shape index (κ1) is 87.1. The van der Waals surface area contributed by atoms with Gasteiger partial charge in [0, 0.05) is 95.2 Å². The number of hydrogen-bond acceptors (Lipinski definition) is 20. The van der Waals surface area contributed by atoms with Gasteiger partial charge >= 0.3 is 36.1 Å². The molecule has 4 aromatic rings. The zero-order valence-electron chi connectivity index (χ0n) is 63.6. The molecule has 0 fully saturated rings. The zero-order chi connectivity index (χ0) is 79.2. The number of alkyl carbamates (subject to hydrolysis) is 2. The number of nitrogens with one attached hydrogen (secondary N) is 3. The largest absolute Gasteiger partial charge is 0.481 e. The van der Waals surface area contributed by atoms with Gasteiger partial charge in [-0.15, -0.1) is 0 Å². The Morgan fingerprint density at radius 2 is 0.720 bits per heavy atom. The highest BCUT2D eigenvalue weighted by Crippen LogP contribution is 2.46. The molecule has 28 heteroatoms. The highest BCUT2D eigenvalue weighted by molar-refractivity contribution is 5.90. The number of carboxylic acids is 1. The summed E-state index contributed by atoms with van der Waals surface area (Å²) in [6.45, 7) is 18.9.